The van der Waals surface area contributed by atoms with E-state index in [4.69, 9.17) is 0 Å². The molecule has 0 bridgehead atoms. The normalized spacial score (nSPS) is 16.6. The lowest BCUT2D eigenvalue weighted by molar-refractivity contribution is 0.0946. The lowest BCUT2D eigenvalue weighted by Gasteiger charge is -2.30. The molecule has 0 unspecified atom stereocenters. The van der Waals surface area contributed by atoms with Crippen LogP contribution in [0.3, 0.4) is 0 Å². The van der Waals surface area contributed by atoms with E-state index in [1.807, 2.05) is 6.07 Å². The van der Waals surface area contributed by atoms with Gasteiger partial charge in [0.05, 0.1) is 0 Å². The standard InChI is InChI=1S/C20H29N3O/c1-14-5-9-23(10-6-14)8-4-7-21-20(24)19-13-17-16(3)11-15(2)12-18(17)22-19/h11-14,22H,4-10H2,1-3H3,(H,21,24). The van der Waals surface area contributed by atoms with Gasteiger partial charge in [0.1, 0.15) is 5.69 Å². The van der Waals surface area contributed by atoms with Crippen LogP contribution in [0.2, 0.25) is 0 Å². The third kappa shape index (κ3) is 3.99. The summed E-state index contributed by atoms with van der Waals surface area (Å²) in [4.78, 5) is 18.1. The molecule has 4 nitrogen and oxygen atoms in total. The van der Waals surface area contributed by atoms with Crippen molar-refractivity contribution in [1.29, 1.82) is 0 Å². The number of likely N-dealkylation sites (tertiary alicyclic amines) is 1. The van der Waals surface area contributed by atoms with Gasteiger partial charge in [0, 0.05) is 17.4 Å². The van der Waals surface area contributed by atoms with Gasteiger partial charge >= 0.3 is 0 Å². The fourth-order valence-electron chi connectivity index (χ4n) is 3.61. The van der Waals surface area contributed by atoms with Gasteiger partial charge in [-0.25, -0.2) is 0 Å². The molecule has 2 aromatic rings. The van der Waals surface area contributed by atoms with Crippen molar-refractivity contribution in [2.45, 2.75) is 40.0 Å². The van der Waals surface area contributed by atoms with Crippen LogP contribution in [-0.2, 0) is 0 Å². The van der Waals surface area contributed by atoms with Crippen LogP contribution in [0.15, 0.2) is 18.2 Å². The second-order valence-electron chi connectivity index (χ2n) is 7.36. The molecule has 0 spiro atoms. The van der Waals surface area contributed by atoms with E-state index in [1.54, 1.807) is 0 Å². The number of rotatable bonds is 5. The Morgan fingerprint density at radius 3 is 2.75 bits per heavy atom. The van der Waals surface area contributed by atoms with Crippen molar-refractivity contribution < 1.29 is 4.79 Å². The van der Waals surface area contributed by atoms with Crippen LogP contribution in [0.25, 0.3) is 10.9 Å². The molecule has 1 saturated heterocycles. The molecular weight excluding hydrogens is 298 g/mol. The molecule has 1 aliphatic heterocycles. The topological polar surface area (TPSA) is 48.1 Å². The van der Waals surface area contributed by atoms with Gasteiger partial charge in [-0.3, -0.25) is 4.79 Å². The maximum Gasteiger partial charge on any atom is 0.267 e. The van der Waals surface area contributed by atoms with Crippen molar-refractivity contribution in [3.63, 3.8) is 0 Å². The minimum Gasteiger partial charge on any atom is -0.351 e. The Labute approximate surface area is 144 Å². The van der Waals surface area contributed by atoms with E-state index < -0.39 is 0 Å². The third-order valence-corrected chi connectivity index (χ3v) is 5.15. The number of H-pyrrole nitrogens is 1. The number of aromatic amines is 1. The van der Waals surface area contributed by atoms with Gasteiger partial charge in [0.2, 0.25) is 0 Å². The van der Waals surface area contributed by atoms with Gasteiger partial charge in [0.25, 0.3) is 5.91 Å². The highest BCUT2D eigenvalue weighted by Crippen LogP contribution is 2.21. The lowest BCUT2D eigenvalue weighted by Crippen LogP contribution is -2.35. The Kier molecular flexibility index (Phi) is 5.24. The van der Waals surface area contributed by atoms with Crippen LogP contribution >= 0.6 is 0 Å². The number of amides is 1. The molecular formula is C20H29N3O. The van der Waals surface area contributed by atoms with E-state index in [1.165, 1.54) is 37.1 Å². The zero-order chi connectivity index (χ0) is 17.1. The highest BCUT2D eigenvalue weighted by Gasteiger charge is 2.15. The number of nitrogens with zero attached hydrogens (tertiary/aromatic N) is 1. The number of nitrogens with one attached hydrogen (secondary N) is 2. The van der Waals surface area contributed by atoms with Crippen molar-refractivity contribution in [2.24, 2.45) is 5.92 Å². The van der Waals surface area contributed by atoms with E-state index in [0.717, 1.165) is 36.3 Å². The summed E-state index contributed by atoms with van der Waals surface area (Å²) in [6, 6.07) is 6.21. The van der Waals surface area contributed by atoms with Crippen molar-refractivity contribution in [3.05, 3.63) is 35.0 Å². The summed E-state index contributed by atoms with van der Waals surface area (Å²) >= 11 is 0. The van der Waals surface area contributed by atoms with E-state index in [2.05, 4.69) is 48.1 Å². The smallest absolute Gasteiger partial charge is 0.267 e. The Morgan fingerprint density at radius 1 is 1.25 bits per heavy atom. The molecule has 0 aliphatic carbocycles. The number of hydrogen-bond donors (Lipinski definition) is 2. The maximum absolute atomic E-state index is 12.3. The zero-order valence-electron chi connectivity index (χ0n) is 15.1. The SMILES string of the molecule is Cc1cc(C)c2cc(C(=O)NCCCN3CCC(C)CC3)[nH]c2c1. The fourth-order valence-corrected chi connectivity index (χ4v) is 3.61. The van der Waals surface area contributed by atoms with Crippen molar-refractivity contribution in [3.8, 4) is 0 Å². The molecule has 1 fully saturated rings. The number of aromatic nitrogens is 1. The number of carbonyl (C=O) groups excluding carboxylic acids is 1. The van der Waals surface area contributed by atoms with Crippen LogP contribution in [0, 0.1) is 19.8 Å². The molecule has 1 amide bonds. The quantitative estimate of drug-likeness (QED) is 0.824. The highest BCUT2D eigenvalue weighted by atomic mass is 16.1. The minimum atomic E-state index is -0.00415. The Hall–Kier alpha value is -1.81. The maximum atomic E-state index is 12.3. The van der Waals surface area contributed by atoms with Gasteiger partial charge in [-0.05, 0) is 81.9 Å². The molecule has 3 rings (SSSR count). The summed E-state index contributed by atoms with van der Waals surface area (Å²) in [7, 11) is 0. The number of aryl methyl sites for hydroxylation is 2. The average molecular weight is 327 g/mol. The van der Waals surface area contributed by atoms with E-state index in [-0.39, 0.29) is 5.91 Å². The third-order valence-electron chi connectivity index (χ3n) is 5.15. The number of hydrogen-bond acceptors (Lipinski definition) is 2. The Balaban J connectivity index is 1.49. The molecule has 2 N–H and O–H groups in total. The summed E-state index contributed by atoms with van der Waals surface area (Å²) in [5.41, 5.74) is 4.12. The molecule has 0 saturated carbocycles. The zero-order valence-corrected chi connectivity index (χ0v) is 15.1. The first-order valence-electron chi connectivity index (χ1n) is 9.13. The van der Waals surface area contributed by atoms with E-state index in [9.17, 15) is 4.79 Å². The molecule has 0 atom stereocenters. The Bertz CT molecular complexity index is 711. The molecule has 2 heterocycles. The summed E-state index contributed by atoms with van der Waals surface area (Å²) in [5, 5.41) is 4.18. The van der Waals surface area contributed by atoms with Crippen LogP contribution in [0.5, 0.6) is 0 Å². The predicted molar refractivity (Wildman–Crippen MR) is 99.6 cm³/mol. The van der Waals surface area contributed by atoms with E-state index in [0.29, 0.717) is 5.69 Å². The van der Waals surface area contributed by atoms with Crippen LogP contribution < -0.4 is 5.32 Å². The van der Waals surface area contributed by atoms with Crippen molar-refractivity contribution >= 4 is 16.8 Å². The predicted octanol–water partition coefficient (Wildman–Crippen LogP) is 3.64. The first-order valence-corrected chi connectivity index (χ1v) is 9.13. The van der Waals surface area contributed by atoms with Gasteiger partial charge in [-0.1, -0.05) is 13.0 Å². The molecule has 4 heteroatoms. The van der Waals surface area contributed by atoms with Crippen molar-refractivity contribution in [1.82, 2.24) is 15.2 Å². The molecule has 130 valence electrons. The van der Waals surface area contributed by atoms with Crippen LogP contribution in [-0.4, -0.2) is 42.0 Å². The highest BCUT2D eigenvalue weighted by molar-refractivity contribution is 5.98. The summed E-state index contributed by atoms with van der Waals surface area (Å²) in [6.07, 6.45) is 3.62. The van der Waals surface area contributed by atoms with Crippen molar-refractivity contribution in [2.75, 3.05) is 26.2 Å². The van der Waals surface area contributed by atoms with Gasteiger partial charge < -0.3 is 15.2 Å². The van der Waals surface area contributed by atoms with E-state index >= 15 is 0 Å². The second-order valence-corrected chi connectivity index (χ2v) is 7.36. The van der Waals surface area contributed by atoms with Crippen LogP contribution in [0.1, 0.15) is 47.8 Å². The molecule has 1 aliphatic rings. The average Bonchev–Trinajstić information content (AvgIpc) is 2.97. The second kappa shape index (κ2) is 7.39. The monoisotopic (exact) mass is 327 g/mol. The number of benzene rings is 1. The first-order chi connectivity index (χ1) is 11.5. The molecule has 24 heavy (non-hydrogen) atoms. The van der Waals surface area contributed by atoms with Gasteiger partial charge in [-0.2, -0.15) is 0 Å². The number of piperidine rings is 1. The summed E-state index contributed by atoms with van der Waals surface area (Å²) in [6.45, 7) is 10.7. The fraction of sp³-hybridized carbons (Fsp3) is 0.550. The summed E-state index contributed by atoms with van der Waals surface area (Å²) in [5.74, 6) is 0.866. The number of carbonyl (C=O) groups is 1. The Morgan fingerprint density at radius 2 is 2.00 bits per heavy atom. The van der Waals surface area contributed by atoms with Gasteiger partial charge in [0.15, 0.2) is 0 Å². The first kappa shape index (κ1) is 17.0. The lowest BCUT2D eigenvalue weighted by atomic mass is 9.99. The largest absolute Gasteiger partial charge is 0.351 e. The molecule has 0 radical (unpaired) electrons. The molecule has 1 aromatic carbocycles. The van der Waals surface area contributed by atoms with Crippen LogP contribution in [0.4, 0.5) is 0 Å². The number of fused-ring (bicyclic) bond motifs is 1. The minimum absolute atomic E-state index is 0.00415. The van der Waals surface area contributed by atoms with Gasteiger partial charge in [-0.15, -0.1) is 0 Å². The molecule has 1 aromatic heterocycles. The summed E-state index contributed by atoms with van der Waals surface area (Å²) < 4.78 is 0.